The van der Waals surface area contributed by atoms with Crippen molar-refractivity contribution in [2.45, 2.75) is 50.6 Å². The summed E-state index contributed by atoms with van der Waals surface area (Å²) in [5, 5.41) is 3.65. The minimum Gasteiger partial charge on any atom is -0.354 e. The van der Waals surface area contributed by atoms with E-state index in [4.69, 9.17) is 23.2 Å². The summed E-state index contributed by atoms with van der Waals surface area (Å²) in [6, 6.07) is 28.4. The normalized spacial score (nSPS) is 11.9. The Labute approximate surface area is 275 Å². The second-order valence-electron chi connectivity index (χ2n) is 10.8. The monoisotopic (exact) mass is 665 g/mol. The quantitative estimate of drug-likeness (QED) is 0.146. The van der Waals surface area contributed by atoms with E-state index in [-0.39, 0.29) is 23.8 Å². The highest BCUT2D eigenvalue weighted by Crippen LogP contribution is 2.27. The molecule has 10 heteroatoms. The number of aryl methyl sites for hydroxylation is 1. The van der Waals surface area contributed by atoms with E-state index in [1.807, 2.05) is 44.2 Å². The Morgan fingerprint density at radius 2 is 1.47 bits per heavy atom. The molecule has 7 nitrogen and oxygen atoms in total. The molecule has 0 radical (unpaired) electrons. The van der Waals surface area contributed by atoms with Crippen LogP contribution in [0.1, 0.15) is 36.5 Å². The number of nitrogens with zero attached hydrogens (tertiary/aromatic N) is 2. The average molecular weight is 667 g/mol. The first-order chi connectivity index (χ1) is 21.6. The molecular formula is C35H37Cl2N3O4S. The maximum Gasteiger partial charge on any atom is 0.264 e. The third-order valence-electron chi connectivity index (χ3n) is 7.37. The van der Waals surface area contributed by atoms with Gasteiger partial charge in [-0.25, -0.2) is 8.42 Å². The van der Waals surface area contributed by atoms with Crippen LogP contribution in [0.25, 0.3) is 0 Å². The topological polar surface area (TPSA) is 86.8 Å². The molecule has 4 aromatic rings. The molecule has 236 valence electrons. The maximum absolute atomic E-state index is 14.5. The lowest BCUT2D eigenvalue weighted by molar-refractivity contribution is -0.140. The second-order valence-corrected chi connectivity index (χ2v) is 13.5. The number of carbonyl (C=O) groups excluding carboxylic acids is 2. The molecule has 2 amide bonds. The lowest BCUT2D eigenvalue weighted by Crippen LogP contribution is -2.53. The summed E-state index contributed by atoms with van der Waals surface area (Å²) in [7, 11) is -4.16. The van der Waals surface area contributed by atoms with Crippen molar-refractivity contribution in [3.8, 4) is 0 Å². The highest BCUT2D eigenvalue weighted by Gasteiger charge is 2.34. The third-order valence-corrected chi connectivity index (χ3v) is 9.90. The number of hydrogen-bond acceptors (Lipinski definition) is 4. The number of carbonyl (C=O) groups is 2. The van der Waals surface area contributed by atoms with Gasteiger partial charge < -0.3 is 10.2 Å². The van der Waals surface area contributed by atoms with Crippen LogP contribution in [0.4, 0.5) is 5.69 Å². The van der Waals surface area contributed by atoms with Gasteiger partial charge in [-0.05, 0) is 60.9 Å². The van der Waals surface area contributed by atoms with Gasteiger partial charge in [0, 0.05) is 19.5 Å². The third kappa shape index (κ3) is 9.10. The van der Waals surface area contributed by atoms with E-state index in [0.717, 1.165) is 28.3 Å². The van der Waals surface area contributed by atoms with Gasteiger partial charge in [0.15, 0.2) is 0 Å². The van der Waals surface area contributed by atoms with E-state index >= 15 is 0 Å². The fraction of sp³-hybridized carbons (Fsp3) is 0.257. The minimum absolute atomic E-state index is 0.00153. The largest absolute Gasteiger partial charge is 0.354 e. The molecule has 45 heavy (non-hydrogen) atoms. The van der Waals surface area contributed by atoms with E-state index in [0.29, 0.717) is 27.8 Å². The summed E-state index contributed by atoms with van der Waals surface area (Å²) in [4.78, 5) is 29.8. The van der Waals surface area contributed by atoms with E-state index in [9.17, 15) is 18.0 Å². The van der Waals surface area contributed by atoms with Crippen molar-refractivity contribution in [1.29, 1.82) is 0 Å². The van der Waals surface area contributed by atoms with Crippen molar-refractivity contribution >= 4 is 50.7 Å². The second kappa shape index (κ2) is 15.9. The Morgan fingerprint density at radius 1 is 0.822 bits per heavy atom. The number of amides is 2. The molecule has 0 unspecified atom stereocenters. The van der Waals surface area contributed by atoms with Crippen molar-refractivity contribution in [2.24, 2.45) is 0 Å². The van der Waals surface area contributed by atoms with Gasteiger partial charge in [0.25, 0.3) is 10.0 Å². The Morgan fingerprint density at radius 3 is 2.09 bits per heavy atom. The number of halogens is 2. The standard InChI is InChI=1S/C35H37Cl2N3O4S/c1-3-4-21-38-35(42)33(23-27-11-7-5-8-12-27)39(24-28-17-20-31(36)32(37)22-28)34(41)25-40(29-18-15-26(2)16-19-29)45(43,44)30-13-9-6-10-14-30/h5-20,22,33H,3-4,21,23-25H2,1-2H3,(H,38,42)/t33-/m0/s1. The molecule has 0 saturated carbocycles. The zero-order valence-electron chi connectivity index (χ0n) is 25.3. The molecule has 0 aromatic heterocycles. The highest BCUT2D eigenvalue weighted by molar-refractivity contribution is 7.92. The molecule has 0 saturated heterocycles. The highest BCUT2D eigenvalue weighted by atomic mass is 35.5. The molecule has 4 rings (SSSR count). The molecule has 1 N–H and O–H groups in total. The van der Waals surface area contributed by atoms with Crippen molar-refractivity contribution in [3.63, 3.8) is 0 Å². The van der Waals surface area contributed by atoms with E-state index in [2.05, 4.69) is 5.32 Å². The summed E-state index contributed by atoms with van der Waals surface area (Å²) in [6.45, 7) is 3.85. The van der Waals surface area contributed by atoms with Crippen LogP contribution in [0, 0.1) is 6.92 Å². The fourth-order valence-electron chi connectivity index (χ4n) is 4.85. The van der Waals surface area contributed by atoms with Crippen molar-refractivity contribution in [2.75, 3.05) is 17.4 Å². The minimum atomic E-state index is -4.16. The number of unbranched alkanes of at least 4 members (excludes halogenated alkanes) is 1. The van der Waals surface area contributed by atoms with Crippen LogP contribution in [0.3, 0.4) is 0 Å². The molecule has 0 bridgehead atoms. The summed E-state index contributed by atoms with van der Waals surface area (Å²) in [5.41, 5.74) is 2.77. The van der Waals surface area contributed by atoms with Crippen LogP contribution < -0.4 is 9.62 Å². The number of benzene rings is 4. The first-order valence-corrected chi connectivity index (χ1v) is 17.0. The number of nitrogens with one attached hydrogen (secondary N) is 1. The number of rotatable bonds is 14. The molecule has 0 aliphatic rings. The molecule has 0 aliphatic carbocycles. The maximum atomic E-state index is 14.5. The Kier molecular flexibility index (Phi) is 12.0. The number of sulfonamides is 1. The predicted molar refractivity (Wildman–Crippen MR) is 181 cm³/mol. The van der Waals surface area contributed by atoms with Gasteiger partial charge in [-0.2, -0.15) is 0 Å². The lowest BCUT2D eigenvalue weighted by Gasteiger charge is -2.34. The summed E-state index contributed by atoms with van der Waals surface area (Å²) < 4.78 is 29.2. The molecule has 4 aromatic carbocycles. The summed E-state index contributed by atoms with van der Waals surface area (Å²) in [6.07, 6.45) is 1.89. The molecule has 0 spiro atoms. The van der Waals surface area contributed by atoms with Gasteiger partial charge in [0.05, 0.1) is 20.6 Å². The Bertz CT molecular complexity index is 1690. The van der Waals surface area contributed by atoms with Gasteiger partial charge in [0.2, 0.25) is 11.8 Å². The van der Waals surface area contributed by atoms with Crippen LogP contribution >= 0.6 is 23.2 Å². The Balaban J connectivity index is 1.79. The van der Waals surface area contributed by atoms with Gasteiger partial charge in [-0.1, -0.05) is 109 Å². The van der Waals surface area contributed by atoms with Crippen LogP contribution in [-0.4, -0.2) is 44.3 Å². The predicted octanol–water partition coefficient (Wildman–Crippen LogP) is 7.05. The number of hydrogen-bond donors (Lipinski definition) is 1. The van der Waals surface area contributed by atoms with Crippen LogP contribution in [0.15, 0.2) is 108 Å². The van der Waals surface area contributed by atoms with Gasteiger partial charge in [-0.15, -0.1) is 0 Å². The van der Waals surface area contributed by atoms with E-state index < -0.39 is 28.5 Å². The molecule has 0 aliphatic heterocycles. The zero-order valence-corrected chi connectivity index (χ0v) is 27.7. The molecular weight excluding hydrogens is 629 g/mol. The van der Waals surface area contributed by atoms with Crippen LogP contribution in [-0.2, 0) is 32.6 Å². The van der Waals surface area contributed by atoms with E-state index in [1.165, 1.54) is 17.0 Å². The Hall–Kier alpha value is -3.85. The van der Waals surface area contributed by atoms with Crippen LogP contribution in [0.2, 0.25) is 10.0 Å². The summed E-state index contributed by atoms with van der Waals surface area (Å²) in [5.74, 6) is -0.874. The fourth-order valence-corrected chi connectivity index (χ4v) is 6.61. The number of anilines is 1. The van der Waals surface area contributed by atoms with Gasteiger partial charge in [0.1, 0.15) is 12.6 Å². The van der Waals surface area contributed by atoms with Crippen LogP contribution in [0.5, 0.6) is 0 Å². The first kappa shape index (κ1) is 34.0. The SMILES string of the molecule is CCCCNC(=O)[C@H](Cc1ccccc1)N(Cc1ccc(Cl)c(Cl)c1)C(=O)CN(c1ccc(C)cc1)S(=O)(=O)c1ccccc1. The summed E-state index contributed by atoms with van der Waals surface area (Å²) >= 11 is 12.5. The first-order valence-electron chi connectivity index (χ1n) is 14.8. The molecule has 0 fully saturated rings. The van der Waals surface area contributed by atoms with Crippen molar-refractivity contribution in [1.82, 2.24) is 10.2 Å². The lowest BCUT2D eigenvalue weighted by atomic mass is 10.0. The molecule has 1 atom stereocenters. The molecule has 0 heterocycles. The van der Waals surface area contributed by atoms with Crippen molar-refractivity contribution in [3.05, 3.63) is 130 Å². The average Bonchev–Trinajstić information content (AvgIpc) is 3.04. The zero-order chi connectivity index (χ0) is 32.4. The van der Waals surface area contributed by atoms with E-state index in [1.54, 1.807) is 60.7 Å². The van der Waals surface area contributed by atoms with Crippen molar-refractivity contribution < 1.29 is 18.0 Å². The van der Waals surface area contributed by atoms with Gasteiger partial charge in [-0.3, -0.25) is 13.9 Å². The smallest absolute Gasteiger partial charge is 0.264 e. The van der Waals surface area contributed by atoms with Gasteiger partial charge >= 0.3 is 0 Å².